The van der Waals surface area contributed by atoms with Crippen LogP contribution < -0.4 is 19.5 Å². The van der Waals surface area contributed by atoms with Crippen LogP contribution in [0.5, 0.6) is 17.8 Å². The number of methoxy groups -OCH3 is 2. The van der Waals surface area contributed by atoms with Gasteiger partial charge in [0.25, 0.3) is 0 Å². The van der Waals surface area contributed by atoms with E-state index >= 15 is 0 Å². The quantitative estimate of drug-likeness (QED) is 0.558. The first-order valence-electron chi connectivity index (χ1n) is 7.99. The SMILES string of the molecule is COc1cc(OC)nc(OC(Nc2ccc(Cl)c(Cl)c2)c2ccccc2)n1. The van der Waals surface area contributed by atoms with Gasteiger partial charge in [-0.25, -0.2) is 0 Å². The Morgan fingerprint density at radius 1 is 0.852 bits per heavy atom. The number of halogens is 2. The fourth-order valence-electron chi connectivity index (χ4n) is 2.30. The predicted molar refractivity (Wildman–Crippen MR) is 105 cm³/mol. The molecule has 0 radical (unpaired) electrons. The third-order valence-electron chi connectivity index (χ3n) is 3.62. The minimum absolute atomic E-state index is 0.104. The molecular formula is C19H17Cl2N3O3. The molecule has 0 aliphatic carbocycles. The maximum absolute atomic E-state index is 6.11. The fraction of sp³-hybridized carbons (Fsp3) is 0.158. The number of nitrogens with one attached hydrogen (secondary N) is 1. The minimum Gasteiger partial charge on any atom is -0.481 e. The van der Waals surface area contributed by atoms with Crippen molar-refractivity contribution < 1.29 is 14.2 Å². The Morgan fingerprint density at radius 2 is 1.52 bits per heavy atom. The summed E-state index contributed by atoms with van der Waals surface area (Å²) >= 11 is 12.1. The third kappa shape index (κ3) is 4.93. The van der Waals surface area contributed by atoms with Gasteiger partial charge in [0.1, 0.15) is 0 Å². The van der Waals surface area contributed by atoms with Gasteiger partial charge in [-0.15, -0.1) is 0 Å². The van der Waals surface area contributed by atoms with E-state index in [0.717, 1.165) is 11.3 Å². The second-order valence-electron chi connectivity index (χ2n) is 5.42. The van der Waals surface area contributed by atoms with Crippen molar-refractivity contribution in [2.45, 2.75) is 6.23 Å². The van der Waals surface area contributed by atoms with Crippen molar-refractivity contribution in [2.75, 3.05) is 19.5 Å². The molecule has 0 saturated carbocycles. The van der Waals surface area contributed by atoms with Crippen molar-refractivity contribution in [1.29, 1.82) is 0 Å². The van der Waals surface area contributed by atoms with E-state index in [4.69, 9.17) is 37.4 Å². The first-order chi connectivity index (χ1) is 13.1. The molecule has 0 spiro atoms. The largest absolute Gasteiger partial charge is 0.481 e. The lowest BCUT2D eigenvalue weighted by Crippen LogP contribution is -2.19. The minimum atomic E-state index is -0.583. The Labute approximate surface area is 167 Å². The van der Waals surface area contributed by atoms with E-state index in [1.165, 1.54) is 14.2 Å². The van der Waals surface area contributed by atoms with Gasteiger partial charge in [0.15, 0.2) is 6.23 Å². The number of ether oxygens (including phenoxy) is 3. The zero-order valence-electron chi connectivity index (χ0n) is 14.6. The van der Waals surface area contributed by atoms with Crippen LogP contribution in [0.2, 0.25) is 10.0 Å². The van der Waals surface area contributed by atoms with Crippen molar-refractivity contribution in [1.82, 2.24) is 9.97 Å². The Hall–Kier alpha value is -2.70. The summed E-state index contributed by atoms with van der Waals surface area (Å²) in [5.41, 5.74) is 1.60. The maximum atomic E-state index is 6.11. The summed E-state index contributed by atoms with van der Waals surface area (Å²) in [5.74, 6) is 0.663. The highest BCUT2D eigenvalue weighted by Gasteiger charge is 2.17. The normalized spacial score (nSPS) is 11.6. The third-order valence-corrected chi connectivity index (χ3v) is 4.36. The van der Waals surface area contributed by atoms with Gasteiger partial charge in [0, 0.05) is 11.3 Å². The lowest BCUT2D eigenvalue weighted by Gasteiger charge is -2.21. The lowest BCUT2D eigenvalue weighted by atomic mass is 10.2. The molecule has 1 atom stereocenters. The first kappa shape index (κ1) is 19.1. The van der Waals surface area contributed by atoms with Crippen molar-refractivity contribution >= 4 is 28.9 Å². The average Bonchev–Trinajstić information content (AvgIpc) is 2.70. The topological polar surface area (TPSA) is 65.5 Å². The van der Waals surface area contributed by atoms with Gasteiger partial charge in [-0.3, -0.25) is 0 Å². The molecule has 0 amide bonds. The summed E-state index contributed by atoms with van der Waals surface area (Å²) in [5, 5.41) is 4.17. The van der Waals surface area contributed by atoms with E-state index in [-0.39, 0.29) is 6.01 Å². The van der Waals surface area contributed by atoms with Gasteiger partial charge in [-0.1, -0.05) is 53.5 Å². The Bertz CT molecular complexity index is 888. The molecule has 3 rings (SSSR count). The summed E-state index contributed by atoms with van der Waals surface area (Å²) in [6, 6.07) is 16.5. The molecule has 1 heterocycles. The molecule has 2 aromatic carbocycles. The number of aromatic nitrogens is 2. The van der Waals surface area contributed by atoms with E-state index in [0.29, 0.717) is 21.8 Å². The van der Waals surface area contributed by atoms with E-state index in [1.807, 2.05) is 30.3 Å². The molecule has 140 valence electrons. The highest BCUT2D eigenvalue weighted by atomic mass is 35.5. The van der Waals surface area contributed by atoms with Crippen LogP contribution in [0.4, 0.5) is 5.69 Å². The number of benzene rings is 2. The van der Waals surface area contributed by atoms with Crippen molar-refractivity contribution in [3.8, 4) is 17.8 Å². The molecule has 1 N–H and O–H groups in total. The smallest absolute Gasteiger partial charge is 0.325 e. The molecule has 0 aliphatic heterocycles. The first-order valence-corrected chi connectivity index (χ1v) is 8.75. The standard InChI is InChI=1S/C19H17Cl2N3O3/c1-25-16-11-17(26-2)24-19(23-16)27-18(12-6-4-3-5-7-12)22-13-8-9-14(20)15(21)10-13/h3-11,18,22H,1-2H3. The van der Waals surface area contributed by atoms with Gasteiger partial charge < -0.3 is 19.5 Å². The zero-order chi connectivity index (χ0) is 19.2. The Morgan fingerprint density at radius 3 is 2.11 bits per heavy atom. The highest BCUT2D eigenvalue weighted by Crippen LogP contribution is 2.29. The summed E-state index contributed by atoms with van der Waals surface area (Å²) in [7, 11) is 3.02. The van der Waals surface area contributed by atoms with Crippen LogP contribution in [0.3, 0.4) is 0 Å². The van der Waals surface area contributed by atoms with Crippen LogP contribution in [0.25, 0.3) is 0 Å². The lowest BCUT2D eigenvalue weighted by molar-refractivity contribution is 0.208. The number of hydrogen-bond donors (Lipinski definition) is 1. The Balaban J connectivity index is 1.92. The molecule has 0 aliphatic rings. The Kier molecular flexibility index (Phi) is 6.21. The van der Waals surface area contributed by atoms with Crippen molar-refractivity contribution in [3.63, 3.8) is 0 Å². The molecule has 6 nitrogen and oxygen atoms in total. The van der Waals surface area contributed by atoms with Gasteiger partial charge >= 0.3 is 6.01 Å². The summed E-state index contributed by atoms with van der Waals surface area (Å²) < 4.78 is 16.3. The molecule has 3 aromatic rings. The molecule has 1 unspecified atom stereocenters. The maximum Gasteiger partial charge on any atom is 0.325 e. The fourth-order valence-corrected chi connectivity index (χ4v) is 2.60. The van der Waals surface area contributed by atoms with Crippen LogP contribution in [0.15, 0.2) is 54.6 Å². The molecule has 1 aromatic heterocycles. The van der Waals surface area contributed by atoms with Crippen LogP contribution in [0, 0.1) is 0 Å². The van der Waals surface area contributed by atoms with Gasteiger partial charge in [0.05, 0.1) is 30.3 Å². The van der Waals surface area contributed by atoms with Crippen molar-refractivity contribution in [2.24, 2.45) is 0 Å². The summed E-state index contributed by atoms with van der Waals surface area (Å²) in [6.07, 6.45) is -0.583. The number of rotatable bonds is 7. The molecule has 8 heteroatoms. The van der Waals surface area contributed by atoms with E-state index in [2.05, 4.69) is 15.3 Å². The van der Waals surface area contributed by atoms with E-state index < -0.39 is 6.23 Å². The second kappa shape index (κ2) is 8.79. The van der Waals surface area contributed by atoms with Crippen LogP contribution in [-0.4, -0.2) is 24.2 Å². The van der Waals surface area contributed by atoms with Crippen LogP contribution >= 0.6 is 23.2 Å². The molecule has 0 bridgehead atoms. The number of nitrogens with zero attached hydrogens (tertiary/aromatic N) is 2. The molecule has 0 fully saturated rings. The van der Waals surface area contributed by atoms with Crippen molar-refractivity contribution in [3.05, 3.63) is 70.2 Å². The van der Waals surface area contributed by atoms with E-state index in [9.17, 15) is 0 Å². The van der Waals surface area contributed by atoms with Gasteiger partial charge in [0.2, 0.25) is 11.8 Å². The molecule has 0 saturated heterocycles. The summed E-state index contributed by atoms with van der Waals surface area (Å²) in [4.78, 5) is 8.43. The molecule has 27 heavy (non-hydrogen) atoms. The second-order valence-corrected chi connectivity index (χ2v) is 6.23. The highest BCUT2D eigenvalue weighted by molar-refractivity contribution is 6.42. The van der Waals surface area contributed by atoms with Gasteiger partial charge in [-0.05, 0) is 18.2 Å². The van der Waals surface area contributed by atoms with Crippen LogP contribution in [-0.2, 0) is 0 Å². The monoisotopic (exact) mass is 405 g/mol. The average molecular weight is 406 g/mol. The number of hydrogen-bond acceptors (Lipinski definition) is 6. The number of anilines is 1. The summed E-state index contributed by atoms with van der Waals surface area (Å²) in [6.45, 7) is 0. The molecular weight excluding hydrogens is 389 g/mol. The van der Waals surface area contributed by atoms with E-state index in [1.54, 1.807) is 24.3 Å². The van der Waals surface area contributed by atoms with Crippen LogP contribution in [0.1, 0.15) is 11.8 Å². The zero-order valence-corrected chi connectivity index (χ0v) is 16.2. The van der Waals surface area contributed by atoms with Gasteiger partial charge in [-0.2, -0.15) is 9.97 Å². The predicted octanol–water partition coefficient (Wildman–Crippen LogP) is 4.99.